The number of hydrogen-bond donors (Lipinski definition) is 0. The van der Waals surface area contributed by atoms with Gasteiger partial charge in [-0.3, -0.25) is 0 Å². The molecule has 1 aliphatic rings. The van der Waals surface area contributed by atoms with Crippen LogP contribution in [0.4, 0.5) is 0 Å². The average molecular weight is 327 g/mol. The van der Waals surface area contributed by atoms with Gasteiger partial charge in [-0.2, -0.15) is 5.10 Å². The van der Waals surface area contributed by atoms with E-state index < -0.39 is 7.12 Å². The van der Waals surface area contributed by atoms with Gasteiger partial charge in [-0.25, -0.2) is 9.67 Å². The van der Waals surface area contributed by atoms with E-state index in [1.807, 2.05) is 52.1 Å². The SMILES string of the molecule is CC1(C)OB(c2cnn(-c3nc4ccccc4s3)c2)OC1(C)C. The number of thiazole rings is 1. The van der Waals surface area contributed by atoms with E-state index in [-0.39, 0.29) is 11.2 Å². The molecule has 1 saturated heterocycles. The van der Waals surface area contributed by atoms with Gasteiger partial charge in [-0.15, -0.1) is 0 Å². The summed E-state index contributed by atoms with van der Waals surface area (Å²) in [5.41, 5.74) is 1.19. The summed E-state index contributed by atoms with van der Waals surface area (Å²) >= 11 is 1.61. The molecule has 118 valence electrons. The van der Waals surface area contributed by atoms with Gasteiger partial charge in [0.25, 0.3) is 0 Å². The molecule has 0 radical (unpaired) electrons. The van der Waals surface area contributed by atoms with E-state index in [2.05, 4.69) is 16.1 Å². The smallest absolute Gasteiger partial charge is 0.399 e. The standard InChI is InChI=1S/C16H18BN3O2S/c1-15(2)16(3,4)22-17(21-15)11-9-18-20(10-11)14-19-12-7-5-6-8-13(12)23-14/h5-10H,1-4H3. The number of rotatable bonds is 2. The van der Waals surface area contributed by atoms with Crippen LogP contribution in [-0.2, 0) is 9.31 Å². The van der Waals surface area contributed by atoms with Crippen LogP contribution in [0, 0.1) is 0 Å². The number of fused-ring (bicyclic) bond motifs is 1. The monoisotopic (exact) mass is 327 g/mol. The summed E-state index contributed by atoms with van der Waals surface area (Å²) < 4.78 is 15.1. The highest BCUT2D eigenvalue weighted by molar-refractivity contribution is 7.20. The first-order valence-electron chi connectivity index (χ1n) is 7.62. The molecule has 23 heavy (non-hydrogen) atoms. The van der Waals surface area contributed by atoms with Gasteiger partial charge < -0.3 is 9.31 Å². The zero-order valence-electron chi connectivity index (χ0n) is 13.6. The van der Waals surface area contributed by atoms with Crippen LogP contribution in [0.2, 0.25) is 0 Å². The van der Waals surface area contributed by atoms with Gasteiger partial charge in [0, 0.05) is 17.9 Å². The van der Waals surface area contributed by atoms with Crippen molar-refractivity contribution in [3.05, 3.63) is 36.7 Å². The Morgan fingerprint density at radius 3 is 2.48 bits per heavy atom. The molecule has 0 unspecified atom stereocenters. The highest BCUT2D eigenvalue weighted by atomic mass is 32.1. The Kier molecular flexibility index (Phi) is 3.17. The van der Waals surface area contributed by atoms with Crippen molar-refractivity contribution in [3.8, 4) is 5.13 Å². The number of aromatic nitrogens is 3. The van der Waals surface area contributed by atoms with Crippen LogP contribution in [0.15, 0.2) is 36.7 Å². The summed E-state index contributed by atoms with van der Waals surface area (Å²) in [5.74, 6) is 0. The quantitative estimate of drug-likeness (QED) is 0.679. The minimum Gasteiger partial charge on any atom is -0.399 e. The first-order valence-corrected chi connectivity index (χ1v) is 8.43. The van der Waals surface area contributed by atoms with Crippen molar-refractivity contribution in [2.75, 3.05) is 0 Å². The van der Waals surface area contributed by atoms with Crippen LogP contribution < -0.4 is 5.46 Å². The number of hydrogen-bond acceptors (Lipinski definition) is 5. The van der Waals surface area contributed by atoms with Gasteiger partial charge in [-0.1, -0.05) is 23.5 Å². The van der Waals surface area contributed by atoms with Gasteiger partial charge in [0.15, 0.2) is 0 Å². The van der Waals surface area contributed by atoms with Crippen LogP contribution in [0.3, 0.4) is 0 Å². The summed E-state index contributed by atoms with van der Waals surface area (Å²) in [7, 11) is -0.400. The molecule has 1 aliphatic heterocycles. The lowest BCUT2D eigenvalue weighted by Gasteiger charge is -2.32. The minimum absolute atomic E-state index is 0.352. The second-order valence-corrected chi connectivity index (χ2v) is 7.78. The van der Waals surface area contributed by atoms with Crippen molar-refractivity contribution in [2.45, 2.75) is 38.9 Å². The Morgan fingerprint density at radius 2 is 1.78 bits per heavy atom. The third-order valence-corrected chi connectivity index (χ3v) is 5.63. The lowest BCUT2D eigenvalue weighted by Crippen LogP contribution is -2.41. The molecule has 1 fully saturated rings. The predicted octanol–water partition coefficient (Wildman–Crippen LogP) is 2.78. The summed E-state index contributed by atoms with van der Waals surface area (Å²) in [5, 5.41) is 5.27. The fourth-order valence-electron chi connectivity index (χ4n) is 2.50. The Labute approximate surface area is 139 Å². The molecular formula is C16H18BN3O2S. The molecule has 3 aromatic rings. The van der Waals surface area contributed by atoms with Crippen molar-refractivity contribution in [1.82, 2.24) is 14.8 Å². The van der Waals surface area contributed by atoms with Crippen molar-refractivity contribution in [1.29, 1.82) is 0 Å². The van der Waals surface area contributed by atoms with E-state index in [0.29, 0.717) is 0 Å². The van der Waals surface area contributed by atoms with Crippen LogP contribution in [0.5, 0.6) is 0 Å². The van der Waals surface area contributed by atoms with Crippen molar-refractivity contribution < 1.29 is 9.31 Å². The largest absolute Gasteiger partial charge is 0.498 e. The Hall–Kier alpha value is -1.70. The molecule has 1 aromatic carbocycles. The maximum Gasteiger partial charge on any atom is 0.498 e. The van der Waals surface area contributed by atoms with E-state index in [4.69, 9.17) is 9.31 Å². The molecule has 0 N–H and O–H groups in total. The first-order chi connectivity index (χ1) is 10.9. The lowest BCUT2D eigenvalue weighted by molar-refractivity contribution is 0.00578. The second kappa shape index (κ2) is 4.90. The number of para-hydroxylation sites is 1. The molecule has 0 amide bonds. The molecule has 0 aliphatic carbocycles. The van der Waals surface area contributed by atoms with E-state index >= 15 is 0 Å². The fraction of sp³-hybridized carbons (Fsp3) is 0.375. The molecule has 0 bridgehead atoms. The van der Waals surface area contributed by atoms with Crippen LogP contribution in [0.1, 0.15) is 27.7 Å². The molecule has 0 saturated carbocycles. The average Bonchev–Trinajstić information content (AvgIpc) is 3.16. The Morgan fingerprint density at radius 1 is 1.09 bits per heavy atom. The van der Waals surface area contributed by atoms with Crippen LogP contribution >= 0.6 is 11.3 Å². The van der Waals surface area contributed by atoms with Crippen LogP contribution in [-0.4, -0.2) is 33.1 Å². The first kappa shape index (κ1) is 14.9. The topological polar surface area (TPSA) is 49.2 Å². The molecule has 2 aromatic heterocycles. The van der Waals surface area contributed by atoms with E-state index in [0.717, 1.165) is 20.8 Å². The second-order valence-electron chi connectivity index (χ2n) is 6.77. The molecule has 3 heterocycles. The minimum atomic E-state index is -0.400. The molecule has 0 atom stereocenters. The number of nitrogens with zero attached hydrogens (tertiary/aromatic N) is 3. The van der Waals surface area contributed by atoms with Crippen LogP contribution in [0.25, 0.3) is 15.3 Å². The van der Waals surface area contributed by atoms with Gasteiger partial charge in [-0.05, 0) is 39.8 Å². The summed E-state index contributed by atoms with van der Waals surface area (Å²) in [4.78, 5) is 4.62. The van der Waals surface area contributed by atoms with Gasteiger partial charge in [0.05, 0.1) is 21.4 Å². The third kappa shape index (κ3) is 2.39. The zero-order chi connectivity index (χ0) is 16.2. The Bertz CT molecular complexity index is 822. The molecule has 0 spiro atoms. The maximum absolute atomic E-state index is 6.07. The van der Waals surface area contributed by atoms with Crippen molar-refractivity contribution >= 4 is 34.1 Å². The lowest BCUT2D eigenvalue weighted by atomic mass is 9.82. The van der Waals surface area contributed by atoms with Gasteiger partial charge in [0.1, 0.15) is 0 Å². The summed E-state index contributed by atoms with van der Waals surface area (Å²) in [6.07, 6.45) is 3.72. The zero-order valence-corrected chi connectivity index (χ0v) is 14.4. The van der Waals surface area contributed by atoms with Gasteiger partial charge >= 0.3 is 7.12 Å². The van der Waals surface area contributed by atoms with Gasteiger partial charge in [0.2, 0.25) is 5.13 Å². The van der Waals surface area contributed by atoms with Crippen molar-refractivity contribution in [2.24, 2.45) is 0 Å². The summed E-state index contributed by atoms with van der Waals surface area (Å²) in [6.45, 7) is 8.19. The normalized spacial score (nSPS) is 19.6. The van der Waals surface area contributed by atoms with E-state index in [1.54, 1.807) is 22.2 Å². The Balaban J connectivity index is 1.65. The maximum atomic E-state index is 6.07. The molecule has 4 rings (SSSR count). The molecule has 5 nitrogen and oxygen atoms in total. The molecular weight excluding hydrogens is 309 g/mol. The van der Waals surface area contributed by atoms with E-state index in [9.17, 15) is 0 Å². The number of benzene rings is 1. The molecule has 7 heteroatoms. The highest BCUT2D eigenvalue weighted by Crippen LogP contribution is 2.36. The fourth-order valence-corrected chi connectivity index (χ4v) is 3.40. The predicted molar refractivity (Wildman–Crippen MR) is 92.5 cm³/mol. The van der Waals surface area contributed by atoms with E-state index in [1.165, 1.54) is 0 Å². The highest BCUT2D eigenvalue weighted by Gasteiger charge is 2.52. The third-order valence-electron chi connectivity index (χ3n) is 4.61. The van der Waals surface area contributed by atoms with Crippen molar-refractivity contribution in [3.63, 3.8) is 0 Å². The summed E-state index contributed by atoms with van der Waals surface area (Å²) in [6, 6.07) is 8.08.